The second kappa shape index (κ2) is 6.01. The average Bonchev–Trinajstić information content (AvgIpc) is 2.26. The molecule has 1 aliphatic heterocycles. The van der Waals surface area contributed by atoms with Crippen LogP contribution in [0.15, 0.2) is 0 Å². The Labute approximate surface area is 105 Å². The first-order valence-corrected chi connectivity index (χ1v) is 5.97. The third kappa shape index (κ3) is 4.15. The molecule has 0 bridgehead atoms. The van der Waals surface area contributed by atoms with Crippen molar-refractivity contribution < 1.29 is 24.9 Å². The van der Waals surface area contributed by atoms with Crippen molar-refractivity contribution in [2.24, 2.45) is 0 Å². The van der Waals surface area contributed by atoms with E-state index in [1.54, 1.807) is 6.92 Å². The lowest BCUT2D eigenvalue weighted by Gasteiger charge is -2.37. The van der Waals surface area contributed by atoms with Gasteiger partial charge in [-0.3, -0.25) is 0 Å². The topological polar surface area (TPSA) is 110 Å². The molecule has 1 saturated heterocycles. The number of aliphatic hydroxyl groups is 2. The van der Waals surface area contributed by atoms with Crippen molar-refractivity contribution in [3.05, 3.63) is 0 Å². The first-order valence-electron chi connectivity index (χ1n) is 5.97. The van der Waals surface area contributed by atoms with Crippen LogP contribution in [0.4, 0.5) is 4.79 Å². The number of hydrogen-bond acceptors (Lipinski definition) is 4. The number of carbonyl (C=O) groups is 2. The first-order chi connectivity index (χ1) is 8.35. The summed E-state index contributed by atoms with van der Waals surface area (Å²) in [5.41, 5.74) is -0.925. The minimum atomic E-state index is -1.18. The Balaban J connectivity index is 2.55. The Morgan fingerprint density at radius 2 is 2.17 bits per heavy atom. The highest BCUT2D eigenvalue weighted by atomic mass is 16.4. The van der Waals surface area contributed by atoms with E-state index in [4.69, 9.17) is 10.2 Å². The highest BCUT2D eigenvalue weighted by Gasteiger charge is 2.32. The SMILES string of the molecule is CC1(O)CCCN(C(=O)NC(CCO)C(=O)O)C1. The second-order valence-corrected chi connectivity index (χ2v) is 4.87. The molecular weight excluding hydrogens is 240 g/mol. The summed E-state index contributed by atoms with van der Waals surface area (Å²) in [6, 6.07) is -1.62. The summed E-state index contributed by atoms with van der Waals surface area (Å²) in [6.45, 7) is 2.02. The van der Waals surface area contributed by atoms with Gasteiger partial charge in [-0.05, 0) is 19.8 Å². The van der Waals surface area contributed by atoms with Crippen LogP contribution < -0.4 is 5.32 Å². The van der Waals surface area contributed by atoms with E-state index in [-0.39, 0.29) is 19.6 Å². The van der Waals surface area contributed by atoms with E-state index in [1.807, 2.05) is 0 Å². The second-order valence-electron chi connectivity index (χ2n) is 4.87. The molecule has 0 saturated carbocycles. The van der Waals surface area contributed by atoms with Crippen molar-refractivity contribution in [2.75, 3.05) is 19.7 Å². The molecule has 0 aliphatic carbocycles. The standard InChI is InChI=1S/C11H20N2O5/c1-11(18)4-2-5-13(7-11)10(17)12-8(3-6-14)9(15)16/h8,14,18H,2-7H2,1H3,(H,12,17)(H,15,16). The van der Waals surface area contributed by atoms with Crippen molar-refractivity contribution in [1.82, 2.24) is 10.2 Å². The van der Waals surface area contributed by atoms with Crippen molar-refractivity contribution in [3.63, 3.8) is 0 Å². The Hall–Kier alpha value is -1.34. The van der Waals surface area contributed by atoms with Gasteiger partial charge in [0.15, 0.2) is 0 Å². The van der Waals surface area contributed by atoms with Gasteiger partial charge < -0.3 is 25.5 Å². The number of hydrogen-bond donors (Lipinski definition) is 4. The normalized spacial score (nSPS) is 25.6. The van der Waals surface area contributed by atoms with Gasteiger partial charge in [-0.15, -0.1) is 0 Å². The Morgan fingerprint density at radius 3 is 2.67 bits per heavy atom. The fraction of sp³-hybridized carbons (Fsp3) is 0.818. The molecule has 2 atom stereocenters. The van der Waals surface area contributed by atoms with E-state index in [2.05, 4.69) is 5.32 Å². The molecule has 1 aliphatic rings. The zero-order chi connectivity index (χ0) is 13.8. The molecule has 1 heterocycles. The monoisotopic (exact) mass is 260 g/mol. The summed E-state index contributed by atoms with van der Waals surface area (Å²) < 4.78 is 0. The minimum absolute atomic E-state index is 0.0364. The zero-order valence-corrected chi connectivity index (χ0v) is 10.4. The minimum Gasteiger partial charge on any atom is -0.480 e. The van der Waals surface area contributed by atoms with E-state index in [0.717, 1.165) is 0 Å². The molecule has 0 aromatic heterocycles. The number of nitrogens with zero attached hydrogens (tertiary/aromatic N) is 1. The molecule has 2 unspecified atom stereocenters. The number of rotatable bonds is 4. The maximum atomic E-state index is 11.8. The number of piperidine rings is 1. The number of urea groups is 1. The van der Waals surface area contributed by atoms with Crippen molar-refractivity contribution in [1.29, 1.82) is 0 Å². The molecular formula is C11H20N2O5. The molecule has 0 spiro atoms. The smallest absolute Gasteiger partial charge is 0.326 e. The summed E-state index contributed by atoms with van der Waals surface area (Å²) in [7, 11) is 0. The van der Waals surface area contributed by atoms with Crippen molar-refractivity contribution >= 4 is 12.0 Å². The van der Waals surface area contributed by atoms with E-state index in [0.29, 0.717) is 19.4 Å². The van der Waals surface area contributed by atoms with Crippen LogP contribution in [0.2, 0.25) is 0 Å². The summed E-state index contributed by atoms with van der Waals surface area (Å²) in [6.07, 6.45) is 1.26. The molecule has 0 aromatic rings. The lowest BCUT2D eigenvalue weighted by molar-refractivity contribution is -0.139. The average molecular weight is 260 g/mol. The molecule has 104 valence electrons. The number of aliphatic carboxylic acids is 1. The summed E-state index contributed by atoms with van der Waals surface area (Å²) in [4.78, 5) is 24.1. The van der Waals surface area contributed by atoms with Gasteiger partial charge in [0.2, 0.25) is 0 Å². The number of nitrogens with one attached hydrogen (secondary N) is 1. The maximum absolute atomic E-state index is 11.8. The third-order valence-corrected chi connectivity index (χ3v) is 2.98. The van der Waals surface area contributed by atoms with E-state index >= 15 is 0 Å². The summed E-state index contributed by atoms with van der Waals surface area (Å²) in [5, 5.41) is 29.8. The summed E-state index contributed by atoms with van der Waals surface area (Å²) in [5.74, 6) is -1.18. The first kappa shape index (κ1) is 14.7. The lowest BCUT2D eigenvalue weighted by atomic mass is 9.95. The molecule has 2 amide bonds. The van der Waals surface area contributed by atoms with E-state index in [9.17, 15) is 14.7 Å². The summed E-state index contributed by atoms with van der Waals surface area (Å²) >= 11 is 0. The van der Waals surface area contributed by atoms with Gasteiger partial charge in [-0.25, -0.2) is 9.59 Å². The Bertz CT molecular complexity index is 319. The van der Waals surface area contributed by atoms with Crippen LogP contribution in [0.1, 0.15) is 26.2 Å². The van der Waals surface area contributed by atoms with Gasteiger partial charge in [0.1, 0.15) is 6.04 Å². The number of carbonyl (C=O) groups excluding carboxylic acids is 1. The highest BCUT2D eigenvalue weighted by Crippen LogP contribution is 2.20. The predicted molar refractivity (Wildman–Crippen MR) is 63.1 cm³/mol. The van der Waals surface area contributed by atoms with Gasteiger partial charge in [0, 0.05) is 19.6 Å². The number of β-amino-alcohol motifs (C(OH)–C–C–N with tert-alkyl or cyclic N) is 1. The van der Waals surface area contributed by atoms with Gasteiger partial charge in [-0.2, -0.15) is 0 Å². The Kier molecular flexibility index (Phi) is 4.92. The van der Waals surface area contributed by atoms with Crippen LogP contribution in [0.5, 0.6) is 0 Å². The number of carboxylic acid groups (broad SMARTS) is 1. The molecule has 4 N–H and O–H groups in total. The molecule has 1 fully saturated rings. The predicted octanol–water partition coefficient (Wildman–Crippen LogP) is -0.622. The highest BCUT2D eigenvalue weighted by molar-refractivity contribution is 5.82. The molecule has 0 radical (unpaired) electrons. The zero-order valence-electron chi connectivity index (χ0n) is 10.4. The molecule has 0 aromatic carbocycles. The quantitative estimate of drug-likeness (QED) is 0.538. The maximum Gasteiger partial charge on any atom is 0.326 e. The van der Waals surface area contributed by atoms with Gasteiger partial charge in [-0.1, -0.05) is 0 Å². The van der Waals surface area contributed by atoms with Crippen LogP contribution >= 0.6 is 0 Å². The fourth-order valence-corrected chi connectivity index (χ4v) is 2.02. The van der Waals surface area contributed by atoms with E-state index in [1.165, 1.54) is 4.90 Å². The largest absolute Gasteiger partial charge is 0.480 e. The van der Waals surface area contributed by atoms with Crippen molar-refractivity contribution in [2.45, 2.75) is 37.8 Å². The Morgan fingerprint density at radius 1 is 1.50 bits per heavy atom. The van der Waals surface area contributed by atoms with Crippen molar-refractivity contribution in [3.8, 4) is 0 Å². The van der Waals surface area contributed by atoms with Crippen LogP contribution in [0.25, 0.3) is 0 Å². The number of likely N-dealkylation sites (tertiary alicyclic amines) is 1. The van der Waals surface area contributed by atoms with Crippen LogP contribution in [-0.2, 0) is 4.79 Å². The lowest BCUT2D eigenvalue weighted by Crippen LogP contribution is -2.54. The van der Waals surface area contributed by atoms with Gasteiger partial charge >= 0.3 is 12.0 Å². The van der Waals surface area contributed by atoms with E-state index < -0.39 is 23.6 Å². The fourth-order valence-electron chi connectivity index (χ4n) is 2.02. The third-order valence-electron chi connectivity index (χ3n) is 2.98. The van der Waals surface area contributed by atoms with Crippen LogP contribution in [-0.4, -0.2) is 63.6 Å². The molecule has 1 rings (SSSR count). The van der Waals surface area contributed by atoms with Gasteiger partial charge in [0.25, 0.3) is 0 Å². The molecule has 7 nitrogen and oxygen atoms in total. The van der Waals surface area contributed by atoms with Crippen LogP contribution in [0.3, 0.4) is 0 Å². The van der Waals surface area contributed by atoms with Gasteiger partial charge in [0.05, 0.1) is 12.1 Å². The number of amides is 2. The number of aliphatic hydroxyl groups excluding tert-OH is 1. The number of carboxylic acids is 1. The molecule has 18 heavy (non-hydrogen) atoms. The van der Waals surface area contributed by atoms with Crippen LogP contribution in [0, 0.1) is 0 Å². The molecule has 7 heteroatoms.